The smallest absolute Gasteiger partial charge is 0.407 e. The van der Waals surface area contributed by atoms with Gasteiger partial charge in [0.1, 0.15) is 11.4 Å². The van der Waals surface area contributed by atoms with Crippen molar-refractivity contribution in [2.75, 3.05) is 7.11 Å². The molecular weight excluding hydrogens is 352 g/mol. The van der Waals surface area contributed by atoms with Crippen LogP contribution >= 0.6 is 0 Å². The molecule has 8 heteroatoms. The zero-order valence-electron chi connectivity index (χ0n) is 17.4. The normalized spacial score (nSPS) is 20.8. The van der Waals surface area contributed by atoms with Gasteiger partial charge in [-0.2, -0.15) is 0 Å². The first-order valence-corrected chi connectivity index (χ1v) is 9.10. The molecule has 0 unspecified atom stereocenters. The highest BCUT2D eigenvalue weighted by atomic mass is 16.6. The lowest BCUT2D eigenvalue weighted by Crippen LogP contribution is -2.52. The first-order chi connectivity index (χ1) is 12.3. The second-order valence-electron chi connectivity index (χ2n) is 8.20. The summed E-state index contributed by atoms with van der Waals surface area (Å²) in [6.45, 7) is 12.0. The van der Waals surface area contributed by atoms with Crippen molar-refractivity contribution in [2.45, 2.75) is 72.3 Å². The summed E-state index contributed by atoms with van der Waals surface area (Å²) in [5.74, 6) is -1.53. The van der Waals surface area contributed by atoms with E-state index in [1.807, 2.05) is 13.8 Å². The summed E-state index contributed by atoms with van der Waals surface area (Å²) in [7, 11) is 1.45. The number of hydrogen-bond donors (Lipinski definition) is 2. The lowest BCUT2D eigenvalue weighted by molar-refractivity contribution is -0.149. The van der Waals surface area contributed by atoms with Gasteiger partial charge in [-0.1, -0.05) is 20.8 Å². The van der Waals surface area contributed by atoms with Crippen molar-refractivity contribution in [3.8, 4) is 0 Å². The largest absolute Gasteiger partial charge is 0.499 e. The molecule has 1 heterocycles. The van der Waals surface area contributed by atoms with Gasteiger partial charge in [0.15, 0.2) is 0 Å². The molecule has 0 saturated carbocycles. The molecule has 0 fully saturated rings. The summed E-state index contributed by atoms with van der Waals surface area (Å²) in [6.07, 6.45) is -0.587. The minimum atomic E-state index is -1.20. The van der Waals surface area contributed by atoms with Gasteiger partial charge in [0.25, 0.3) is 5.91 Å². The molecule has 4 atom stereocenters. The lowest BCUT2D eigenvalue weighted by atomic mass is 9.95. The highest BCUT2D eigenvalue weighted by molar-refractivity contribution is 6.05. The summed E-state index contributed by atoms with van der Waals surface area (Å²) in [4.78, 5) is 38.2. The number of imide groups is 1. The number of aliphatic hydroxyl groups excluding tert-OH is 1. The topological polar surface area (TPSA) is 105 Å². The van der Waals surface area contributed by atoms with Gasteiger partial charge in [-0.3, -0.25) is 14.5 Å². The molecule has 0 saturated heterocycles. The second-order valence-corrected chi connectivity index (χ2v) is 8.20. The Balaban J connectivity index is 2.85. The molecule has 1 rings (SSSR count). The number of carbonyl (C=O) groups is 3. The second kappa shape index (κ2) is 8.73. The van der Waals surface area contributed by atoms with Crippen LogP contribution in [0.1, 0.15) is 48.5 Å². The van der Waals surface area contributed by atoms with E-state index in [9.17, 15) is 19.5 Å². The number of nitrogens with zero attached hydrogens (tertiary/aromatic N) is 1. The van der Waals surface area contributed by atoms with Crippen LogP contribution < -0.4 is 5.32 Å². The van der Waals surface area contributed by atoms with Gasteiger partial charge < -0.3 is 19.9 Å². The summed E-state index contributed by atoms with van der Waals surface area (Å²) in [6, 6.07) is -1.26. The van der Waals surface area contributed by atoms with Gasteiger partial charge >= 0.3 is 6.09 Å². The van der Waals surface area contributed by atoms with Crippen molar-refractivity contribution in [1.82, 2.24) is 10.2 Å². The molecule has 0 bridgehead atoms. The number of amides is 3. The van der Waals surface area contributed by atoms with E-state index in [1.54, 1.807) is 27.7 Å². The molecule has 8 nitrogen and oxygen atoms in total. The third-order valence-electron chi connectivity index (χ3n) is 4.34. The van der Waals surface area contributed by atoms with Crippen LogP contribution in [0.3, 0.4) is 0 Å². The summed E-state index contributed by atoms with van der Waals surface area (Å²) in [5, 5.41) is 13.0. The number of methoxy groups -OCH3 is 1. The number of nitrogens with one attached hydrogen (secondary N) is 1. The molecule has 0 radical (unpaired) electrons. The van der Waals surface area contributed by atoms with Crippen molar-refractivity contribution < 1.29 is 29.0 Å². The Kier molecular flexibility index (Phi) is 7.42. The van der Waals surface area contributed by atoms with Gasteiger partial charge in [0.05, 0.1) is 31.2 Å². The summed E-state index contributed by atoms with van der Waals surface area (Å²) < 4.78 is 10.4. The molecule has 27 heavy (non-hydrogen) atoms. The maximum absolute atomic E-state index is 12.9. The van der Waals surface area contributed by atoms with E-state index in [-0.39, 0.29) is 5.92 Å². The highest BCUT2D eigenvalue weighted by Crippen LogP contribution is 2.28. The molecule has 1 aliphatic rings. The van der Waals surface area contributed by atoms with Crippen LogP contribution in [0.25, 0.3) is 0 Å². The monoisotopic (exact) mass is 384 g/mol. The van der Waals surface area contributed by atoms with Crippen molar-refractivity contribution in [1.29, 1.82) is 0 Å². The maximum atomic E-state index is 12.9. The van der Waals surface area contributed by atoms with E-state index in [2.05, 4.69) is 5.32 Å². The van der Waals surface area contributed by atoms with Crippen LogP contribution in [0, 0.1) is 11.8 Å². The zero-order valence-corrected chi connectivity index (χ0v) is 17.4. The molecule has 0 aromatic carbocycles. The maximum Gasteiger partial charge on any atom is 0.407 e. The van der Waals surface area contributed by atoms with Gasteiger partial charge in [-0.05, 0) is 33.6 Å². The molecule has 0 aromatic rings. The predicted molar refractivity (Wildman–Crippen MR) is 99.6 cm³/mol. The Hall–Kier alpha value is -2.09. The molecule has 154 valence electrons. The number of carbonyl (C=O) groups excluding carboxylic acids is 3. The number of rotatable bonds is 6. The molecular formula is C19H32N2O6. The fraction of sp³-hybridized carbons (Fsp3) is 0.737. The third-order valence-corrected chi connectivity index (χ3v) is 4.34. The third kappa shape index (κ3) is 5.69. The summed E-state index contributed by atoms with van der Waals surface area (Å²) >= 11 is 0. The van der Waals surface area contributed by atoms with E-state index in [0.717, 1.165) is 4.90 Å². The van der Waals surface area contributed by atoms with E-state index in [1.165, 1.54) is 20.1 Å². The Morgan fingerprint density at radius 3 is 2.22 bits per heavy atom. The van der Waals surface area contributed by atoms with Crippen molar-refractivity contribution in [2.24, 2.45) is 11.8 Å². The fourth-order valence-corrected chi connectivity index (χ4v) is 2.97. The molecule has 2 N–H and O–H groups in total. The number of aliphatic hydroxyl groups is 1. The lowest BCUT2D eigenvalue weighted by Gasteiger charge is -2.32. The van der Waals surface area contributed by atoms with Crippen molar-refractivity contribution in [3.05, 3.63) is 11.8 Å². The van der Waals surface area contributed by atoms with Gasteiger partial charge in [-0.15, -0.1) is 0 Å². The van der Waals surface area contributed by atoms with E-state index in [4.69, 9.17) is 9.47 Å². The molecule has 0 aromatic heterocycles. The fourth-order valence-electron chi connectivity index (χ4n) is 2.97. The first kappa shape index (κ1) is 23.0. The van der Waals surface area contributed by atoms with Crippen molar-refractivity contribution >= 4 is 17.9 Å². The van der Waals surface area contributed by atoms with E-state index in [0.29, 0.717) is 5.76 Å². The van der Waals surface area contributed by atoms with Crippen molar-refractivity contribution in [3.63, 3.8) is 0 Å². The van der Waals surface area contributed by atoms with Gasteiger partial charge in [-0.25, -0.2) is 4.79 Å². The number of hydrogen-bond acceptors (Lipinski definition) is 6. The number of alkyl carbamates (subject to hydrolysis) is 1. The SMILES string of the molecule is COC1=CC(=O)N(C(=O)[C@H](C)[C@@H](O)[C@H](C)NC(=O)OC(C)(C)C)[C@H]1C(C)C. The van der Waals surface area contributed by atoms with E-state index < -0.39 is 47.6 Å². The highest BCUT2D eigenvalue weighted by Gasteiger charge is 2.43. The molecule has 3 amide bonds. The Morgan fingerprint density at radius 1 is 1.22 bits per heavy atom. The van der Waals surface area contributed by atoms with Crippen LogP contribution in [-0.2, 0) is 19.1 Å². The average Bonchev–Trinajstić information content (AvgIpc) is 2.87. The molecule has 1 aliphatic heterocycles. The van der Waals surface area contributed by atoms with Crippen LogP contribution in [0.2, 0.25) is 0 Å². The van der Waals surface area contributed by atoms with Gasteiger partial charge in [0.2, 0.25) is 5.91 Å². The van der Waals surface area contributed by atoms with Gasteiger partial charge in [0, 0.05) is 6.08 Å². The quantitative estimate of drug-likeness (QED) is 0.724. The first-order valence-electron chi connectivity index (χ1n) is 9.10. The van der Waals surface area contributed by atoms with Crippen LogP contribution in [0.4, 0.5) is 4.79 Å². The predicted octanol–water partition coefficient (Wildman–Crippen LogP) is 1.82. The standard InChI is InChI=1S/C19H32N2O6/c1-10(2)15-13(26-8)9-14(22)21(15)17(24)11(3)16(23)12(4)20-18(25)27-19(5,6)7/h9-12,15-16,23H,1-8H3,(H,20,25)/t11-,12+,15+,16-/m1/s1. The Bertz CT molecular complexity index is 608. The minimum absolute atomic E-state index is 0.0479. The van der Waals surface area contributed by atoms with Crippen LogP contribution in [0.15, 0.2) is 11.8 Å². The average molecular weight is 384 g/mol. The Morgan fingerprint density at radius 2 is 1.78 bits per heavy atom. The zero-order chi connectivity index (χ0) is 21.1. The summed E-state index contributed by atoms with van der Waals surface area (Å²) in [5.41, 5.74) is -0.676. The molecule has 0 spiro atoms. The number of ether oxygens (including phenoxy) is 2. The van der Waals surface area contributed by atoms with Crippen LogP contribution in [0.5, 0.6) is 0 Å². The van der Waals surface area contributed by atoms with E-state index >= 15 is 0 Å². The Labute approximate surface area is 160 Å². The van der Waals surface area contributed by atoms with Crippen LogP contribution in [-0.4, -0.2) is 58.8 Å². The molecule has 0 aliphatic carbocycles. The minimum Gasteiger partial charge on any atom is -0.499 e.